The molecule has 1 atom stereocenters. The summed E-state index contributed by atoms with van der Waals surface area (Å²) in [6.45, 7) is 1.84. The summed E-state index contributed by atoms with van der Waals surface area (Å²) in [7, 11) is 1.48. The molecule has 2 aromatic carbocycles. The largest absolute Gasteiger partial charge is 0.508 e. The highest BCUT2D eigenvalue weighted by Crippen LogP contribution is 2.33. The topological polar surface area (TPSA) is 82.0 Å². The Labute approximate surface area is 117 Å². The second-order valence-electron chi connectivity index (χ2n) is 4.50. The highest BCUT2D eigenvalue weighted by Gasteiger charge is 2.12. The molecule has 1 unspecified atom stereocenters. The van der Waals surface area contributed by atoms with Crippen molar-refractivity contribution >= 4 is 5.69 Å². The third-order valence-electron chi connectivity index (χ3n) is 3.04. The van der Waals surface area contributed by atoms with Gasteiger partial charge < -0.3 is 25.4 Å². The number of ether oxygens (including phenoxy) is 1. The summed E-state index contributed by atoms with van der Waals surface area (Å²) in [6, 6.07) is 9.06. The molecule has 2 aromatic rings. The molecule has 0 aliphatic heterocycles. The van der Waals surface area contributed by atoms with Gasteiger partial charge in [-0.2, -0.15) is 0 Å². The number of nitrogens with one attached hydrogen (secondary N) is 1. The fraction of sp³-hybridized carbons (Fsp3) is 0.200. The van der Waals surface area contributed by atoms with E-state index in [9.17, 15) is 15.3 Å². The first-order valence-corrected chi connectivity index (χ1v) is 6.16. The number of anilines is 1. The fourth-order valence-corrected chi connectivity index (χ4v) is 2.00. The minimum Gasteiger partial charge on any atom is -0.508 e. The molecule has 0 aliphatic rings. The Hall–Kier alpha value is -2.56. The predicted octanol–water partition coefficient (Wildman–Crippen LogP) is 2.99. The van der Waals surface area contributed by atoms with Gasteiger partial charge in [-0.3, -0.25) is 0 Å². The smallest absolute Gasteiger partial charge is 0.160 e. The lowest BCUT2D eigenvalue weighted by Crippen LogP contribution is -2.06. The van der Waals surface area contributed by atoms with E-state index in [0.29, 0.717) is 17.0 Å². The molecule has 0 saturated heterocycles. The Morgan fingerprint density at radius 3 is 2.40 bits per heavy atom. The summed E-state index contributed by atoms with van der Waals surface area (Å²) < 4.78 is 4.97. The minimum atomic E-state index is -0.241. The van der Waals surface area contributed by atoms with Gasteiger partial charge in [0.15, 0.2) is 11.5 Å². The van der Waals surface area contributed by atoms with E-state index < -0.39 is 0 Å². The standard InChI is InChI=1S/C15H17NO4/c1-9(12-8-11(17)4-5-13(12)18)16-10-3-6-15(20-2)14(19)7-10/h3-9,16-19H,1-2H3. The number of hydrogen-bond donors (Lipinski definition) is 4. The average Bonchev–Trinajstić information content (AvgIpc) is 2.41. The SMILES string of the molecule is COc1ccc(NC(C)c2cc(O)ccc2O)cc1O. The van der Waals surface area contributed by atoms with Crippen LogP contribution in [0.2, 0.25) is 0 Å². The molecular formula is C15H17NO4. The Bertz CT molecular complexity index is 613. The van der Waals surface area contributed by atoms with Gasteiger partial charge in [0, 0.05) is 17.3 Å². The zero-order valence-electron chi connectivity index (χ0n) is 11.3. The maximum atomic E-state index is 9.80. The normalized spacial score (nSPS) is 11.9. The number of methoxy groups -OCH3 is 1. The van der Waals surface area contributed by atoms with Crippen molar-refractivity contribution in [1.82, 2.24) is 0 Å². The molecule has 0 heterocycles. The van der Waals surface area contributed by atoms with Gasteiger partial charge in [0.05, 0.1) is 13.2 Å². The molecule has 4 N–H and O–H groups in total. The molecule has 20 heavy (non-hydrogen) atoms. The lowest BCUT2D eigenvalue weighted by molar-refractivity contribution is 0.373. The number of phenols is 3. The van der Waals surface area contributed by atoms with Gasteiger partial charge in [0.25, 0.3) is 0 Å². The Morgan fingerprint density at radius 2 is 1.75 bits per heavy atom. The van der Waals surface area contributed by atoms with Crippen molar-refractivity contribution in [3.05, 3.63) is 42.0 Å². The second kappa shape index (κ2) is 5.61. The summed E-state index contributed by atoms with van der Waals surface area (Å²) >= 11 is 0. The number of phenolic OH excluding ortho intramolecular Hbond substituents is 3. The number of hydrogen-bond acceptors (Lipinski definition) is 5. The van der Waals surface area contributed by atoms with Crippen molar-refractivity contribution in [1.29, 1.82) is 0 Å². The van der Waals surface area contributed by atoms with Crippen LogP contribution < -0.4 is 10.1 Å². The number of benzene rings is 2. The van der Waals surface area contributed by atoms with Crippen LogP contribution in [0.1, 0.15) is 18.5 Å². The molecule has 0 aromatic heterocycles. The third-order valence-corrected chi connectivity index (χ3v) is 3.04. The fourth-order valence-electron chi connectivity index (χ4n) is 2.00. The van der Waals surface area contributed by atoms with E-state index in [1.54, 1.807) is 12.1 Å². The third kappa shape index (κ3) is 2.88. The number of rotatable bonds is 4. The van der Waals surface area contributed by atoms with E-state index in [0.717, 1.165) is 0 Å². The van der Waals surface area contributed by atoms with E-state index in [2.05, 4.69) is 5.32 Å². The van der Waals surface area contributed by atoms with Crippen LogP contribution in [0.5, 0.6) is 23.0 Å². The molecule has 5 nitrogen and oxygen atoms in total. The number of aromatic hydroxyl groups is 3. The zero-order valence-corrected chi connectivity index (χ0v) is 11.3. The van der Waals surface area contributed by atoms with Crippen molar-refractivity contribution < 1.29 is 20.1 Å². The van der Waals surface area contributed by atoms with Crippen LogP contribution in [0.15, 0.2) is 36.4 Å². The Balaban J connectivity index is 2.21. The summed E-state index contributed by atoms with van der Waals surface area (Å²) in [6.07, 6.45) is 0. The van der Waals surface area contributed by atoms with E-state index in [1.165, 1.54) is 31.4 Å². The molecule has 0 amide bonds. The van der Waals surface area contributed by atoms with Crippen LogP contribution in [0.25, 0.3) is 0 Å². The summed E-state index contributed by atoms with van der Waals surface area (Å²) in [5, 5.41) is 32.1. The van der Waals surface area contributed by atoms with Crippen molar-refractivity contribution in [3.63, 3.8) is 0 Å². The van der Waals surface area contributed by atoms with Gasteiger partial charge in [-0.15, -0.1) is 0 Å². The average molecular weight is 275 g/mol. The predicted molar refractivity (Wildman–Crippen MR) is 76.5 cm³/mol. The van der Waals surface area contributed by atoms with E-state index in [1.807, 2.05) is 6.92 Å². The Kier molecular flexibility index (Phi) is 3.89. The van der Waals surface area contributed by atoms with Gasteiger partial charge in [-0.25, -0.2) is 0 Å². The lowest BCUT2D eigenvalue weighted by Gasteiger charge is -2.17. The van der Waals surface area contributed by atoms with Crippen LogP contribution in [0, 0.1) is 0 Å². The highest BCUT2D eigenvalue weighted by molar-refractivity contribution is 5.56. The van der Waals surface area contributed by atoms with E-state index in [4.69, 9.17) is 4.74 Å². The minimum absolute atomic E-state index is 0.0323. The molecule has 5 heteroatoms. The van der Waals surface area contributed by atoms with E-state index in [-0.39, 0.29) is 23.3 Å². The first-order chi connectivity index (χ1) is 9.51. The monoisotopic (exact) mass is 275 g/mol. The molecule has 0 radical (unpaired) electrons. The van der Waals surface area contributed by atoms with Crippen molar-refractivity contribution in [3.8, 4) is 23.0 Å². The van der Waals surface area contributed by atoms with Crippen LogP contribution in [0.4, 0.5) is 5.69 Å². The molecule has 0 aliphatic carbocycles. The van der Waals surface area contributed by atoms with Gasteiger partial charge in [-0.1, -0.05) is 0 Å². The van der Waals surface area contributed by atoms with Crippen molar-refractivity contribution in [2.45, 2.75) is 13.0 Å². The first kappa shape index (κ1) is 13.9. The van der Waals surface area contributed by atoms with E-state index >= 15 is 0 Å². The Morgan fingerprint density at radius 1 is 1.00 bits per heavy atom. The highest BCUT2D eigenvalue weighted by atomic mass is 16.5. The molecule has 0 spiro atoms. The summed E-state index contributed by atoms with van der Waals surface area (Å²) in [4.78, 5) is 0. The summed E-state index contributed by atoms with van der Waals surface area (Å²) in [5.41, 5.74) is 1.25. The van der Waals surface area contributed by atoms with Crippen LogP contribution in [-0.2, 0) is 0 Å². The van der Waals surface area contributed by atoms with Gasteiger partial charge in [0.1, 0.15) is 11.5 Å². The van der Waals surface area contributed by atoms with Gasteiger partial charge in [0.2, 0.25) is 0 Å². The maximum Gasteiger partial charge on any atom is 0.160 e. The lowest BCUT2D eigenvalue weighted by atomic mass is 10.1. The van der Waals surface area contributed by atoms with Gasteiger partial charge in [-0.05, 0) is 37.3 Å². The molecule has 0 saturated carbocycles. The molecular weight excluding hydrogens is 258 g/mol. The zero-order chi connectivity index (χ0) is 14.7. The maximum absolute atomic E-state index is 9.80. The van der Waals surface area contributed by atoms with Gasteiger partial charge >= 0.3 is 0 Å². The van der Waals surface area contributed by atoms with Crippen molar-refractivity contribution in [2.24, 2.45) is 0 Å². The molecule has 106 valence electrons. The summed E-state index contributed by atoms with van der Waals surface area (Å²) in [5.74, 6) is 0.609. The quantitative estimate of drug-likeness (QED) is 0.645. The van der Waals surface area contributed by atoms with Crippen LogP contribution >= 0.6 is 0 Å². The van der Waals surface area contributed by atoms with Crippen molar-refractivity contribution in [2.75, 3.05) is 12.4 Å². The first-order valence-electron chi connectivity index (χ1n) is 6.16. The van der Waals surface area contributed by atoms with Crippen LogP contribution in [-0.4, -0.2) is 22.4 Å². The molecule has 2 rings (SSSR count). The second-order valence-corrected chi connectivity index (χ2v) is 4.50. The van der Waals surface area contributed by atoms with Crippen LogP contribution in [0.3, 0.4) is 0 Å². The molecule has 0 bridgehead atoms. The molecule has 0 fully saturated rings.